The van der Waals surface area contributed by atoms with E-state index >= 15 is 0 Å². The molecule has 0 spiro atoms. The monoisotopic (exact) mass is 441 g/mol. The van der Waals surface area contributed by atoms with Gasteiger partial charge in [0.15, 0.2) is 5.96 Å². The van der Waals surface area contributed by atoms with Gasteiger partial charge in [-0.3, -0.25) is 4.99 Å². The maximum Gasteiger partial charge on any atom is 0.191 e. The van der Waals surface area contributed by atoms with Crippen molar-refractivity contribution < 1.29 is 0 Å². The van der Waals surface area contributed by atoms with E-state index in [2.05, 4.69) is 47.9 Å². The number of nitrogens with zero attached hydrogens (tertiary/aromatic N) is 1. The van der Waals surface area contributed by atoms with Gasteiger partial charge in [0, 0.05) is 36.3 Å². The van der Waals surface area contributed by atoms with Crippen molar-refractivity contribution in [3.05, 3.63) is 34.9 Å². The largest absolute Gasteiger partial charge is 0.356 e. The lowest BCUT2D eigenvalue weighted by Gasteiger charge is -2.26. The van der Waals surface area contributed by atoms with E-state index in [1.165, 1.54) is 5.56 Å². The van der Waals surface area contributed by atoms with E-state index in [1.807, 2.05) is 23.9 Å². The Bertz CT molecular complexity index is 435. The van der Waals surface area contributed by atoms with E-state index in [9.17, 15) is 0 Å². The molecular formula is C15H25ClIN3S. The molecule has 0 atom stereocenters. The molecule has 3 nitrogen and oxygen atoms in total. The smallest absolute Gasteiger partial charge is 0.191 e. The van der Waals surface area contributed by atoms with Crippen LogP contribution < -0.4 is 10.6 Å². The molecule has 6 heteroatoms. The lowest BCUT2D eigenvalue weighted by molar-refractivity contribution is 0.509. The molecule has 0 saturated carbocycles. The minimum atomic E-state index is 0. The van der Waals surface area contributed by atoms with Gasteiger partial charge >= 0.3 is 0 Å². The zero-order valence-corrected chi connectivity index (χ0v) is 17.0. The topological polar surface area (TPSA) is 36.4 Å². The second-order valence-corrected chi connectivity index (χ2v) is 6.66. The van der Waals surface area contributed by atoms with Crippen LogP contribution >= 0.6 is 47.3 Å². The van der Waals surface area contributed by atoms with Crippen molar-refractivity contribution in [3.63, 3.8) is 0 Å². The van der Waals surface area contributed by atoms with Crippen LogP contribution in [0.1, 0.15) is 19.4 Å². The Hall–Kier alpha value is -0.140. The summed E-state index contributed by atoms with van der Waals surface area (Å²) in [6.07, 6.45) is 2.10. The van der Waals surface area contributed by atoms with Gasteiger partial charge in [0.25, 0.3) is 0 Å². The molecule has 0 saturated heterocycles. The minimum absolute atomic E-state index is 0. The lowest BCUT2D eigenvalue weighted by Crippen LogP contribution is -2.44. The van der Waals surface area contributed by atoms with E-state index in [0.29, 0.717) is 0 Å². The van der Waals surface area contributed by atoms with Gasteiger partial charge in [0.1, 0.15) is 0 Å². The molecule has 1 rings (SSSR count). The van der Waals surface area contributed by atoms with Crippen LogP contribution in [-0.2, 0) is 5.41 Å². The predicted molar refractivity (Wildman–Crippen MR) is 108 cm³/mol. The lowest BCUT2D eigenvalue weighted by atomic mass is 9.85. The molecule has 0 aliphatic rings. The Morgan fingerprint density at radius 3 is 2.38 bits per heavy atom. The summed E-state index contributed by atoms with van der Waals surface area (Å²) in [5.41, 5.74) is 1.27. The first kappa shape index (κ1) is 20.9. The first-order chi connectivity index (χ1) is 9.49. The molecule has 0 bridgehead atoms. The fourth-order valence-electron chi connectivity index (χ4n) is 1.80. The van der Waals surface area contributed by atoms with Crippen LogP contribution in [-0.4, -0.2) is 38.1 Å². The molecule has 0 unspecified atom stereocenters. The van der Waals surface area contributed by atoms with Crippen molar-refractivity contribution >= 4 is 53.3 Å². The summed E-state index contributed by atoms with van der Waals surface area (Å²) in [6, 6.07) is 8.02. The summed E-state index contributed by atoms with van der Waals surface area (Å²) in [7, 11) is 1.80. The molecule has 0 aliphatic carbocycles. The summed E-state index contributed by atoms with van der Waals surface area (Å²) in [5, 5.41) is 7.45. The number of rotatable bonds is 6. The van der Waals surface area contributed by atoms with E-state index < -0.39 is 0 Å². The summed E-state index contributed by atoms with van der Waals surface area (Å²) in [4.78, 5) is 4.23. The van der Waals surface area contributed by atoms with Gasteiger partial charge in [-0.2, -0.15) is 11.8 Å². The number of nitrogens with one attached hydrogen (secondary N) is 2. The second kappa shape index (κ2) is 10.6. The van der Waals surface area contributed by atoms with Gasteiger partial charge in [-0.1, -0.05) is 37.6 Å². The van der Waals surface area contributed by atoms with Crippen molar-refractivity contribution in [3.8, 4) is 0 Å². The highest BCUT2D eigenvalue weighted by atomic mass is 127. The minimum Gasteiger partial charge on any atom is -0.356 e. The second-order valence-electron chi connectivity index (χ2n) is 5.24. The van der Waals surface area contributed by atoms with Gasteiger partial charge in [0.2, 0.25) is 0 Å². The van der Waals surface area contributed by atoms with Crippen molar-refractivity contribution in [2.75, 3.05) is 32.1 Å². The summed E-state index contributed by atoms with van der Waals surface area (Å²) in [6.45, 7) is 6.15. The fraction of sp³-hybridized carbons (Fsp3) is 0.533. The highest BCUT2D eigenvalue weighted by molar-refractivity contribution is 14.0. The van der Waals surface area contributed by atoms with Crippen LogP contribution in [0.25, 0.3) is 0 Å². The van der Waals surface area contributed by atoms with Crippen LogP contribution in [0.2, 0.25) is 5.02 Å². The molecule has 1 aromatic rings. The number of guanidine groups is 1. The Labute approximate surface area is 154 Å². The van der Waals surface area contributed by atoms with E-state index in [-0.39, 0.29) is 29.4 Å². The maximum atomic E-state index is 5.94. The average Bonchev–Trinajstić information content (AvgIpc) is 2.43. The number of hydrogen-bond acceptors (Lipinski definition) is 2. The molecule has 0 amide bonds. The standard InChI is InChI=1S/C15H24ClN3S.HI/c1-15(2,12-5-7-13(16)8-6-12)11-19-14(17-3)18-9-10-20-4;/h5-8H,9-11H2,1-4H3,(H2,17,18,19);1H. The Morgan fingerprint density at radius 1 is 1.24 bits per heavy atom. The number of aliphatic imine (C=N–C) groups is 1. The van der Waals surface area contributed by atoms with Crippen LogP contribution in [0, 0.1) is 0 Å². The normalized spacial score (nSPS) is 11.8. The molecule has 0 radical (unpaired) electrons. The molecular weight excluding hydrogens is 417 g/mol. The van der Waals surface area contributed by atoms with Gasteiger partial charge < -0.3 is 10.6 Å². The molecule has 120 valence electrons. The van der Waals surface area contributed by atoms with E-state index in [1.54, 1.807) is 7.05 Å². The van der Waals surface area contributed by atoms with Gasteiger partial charge in [-0.25, -0.2) is 0 Å². The third-order valence-corrected chi connectivity index (χ3v) is 4.01. The van der Waals surface area contributed by atoms with Crippen molar-refractivity contribution in [1.29, 1.82) is 0 Å². The number of benzene rings is 1. The Kier molecular flexibility index (Phi) is 10.5. The zero-order valence-electron chi connectivity index (χ0n) is 13.1. The first-order valence-corrected chi connectivity index (χ1v) is 8.46. The van der Waals surface area contributed by atoms with Crippen LogP contribution in [0.4, 0.5) is 0 Å². The molecule has 0 heterocycles. The summed E-state index contributed by atoms with van der Waals surface area (Å²) >= 11 is 7.75. The van der Waals surface area contributed by atoms with Crippen LogP contribution in [0.5, 0.6) is 0 Å². The van der Waals surface area contributed by atoms with Gasteiger partial charge in [0.05, 0.1) is 0 Å². The van der Waals surface area contributed by atoms with Crippen molar-refractivity contribution in [1.82, 2.24) is 10.6 Å². The first-order valence-electron chi connectivity index (χ1n) is 6.69. The fourth-order valence-corrected chi connectivity index (χ4v) is 2.23. The molecule has 0 aromatic heterocycles. The van der Waals surface area contributed by atoms with Crippen LogP contribution in [0.15, 0.2) is 29.3 Å². The third-order valence-electron chi connectivity index (χ3n) is 3.15. The molecule has 0 fully saturated rings. The van der Waals surface area contributed by atoms with E-state index in [4.69, 9.17) is 11.6 Å². The molecule has 1 aromatic carbocycles. The molecule has 21 heavy (non-hydrogen) atoms. The molecule has 0 aliphatic heterocycles. The summed E-state index contributed by atoms with van der Waals surface area (Å²) < 4.78 is 0. The van der Waals surface area contributed by atoms with Gasteiger partial charge in [-0.15, -0.1) is 24.0 Å². The zero-order chi connectivity index (χ0) is 15.0. The van der Waals surface area contributed by atoms with Crippen molar-refractivity contribution in [2.24, 2.45) is 4.99 Å². The number of hydrogen-bond donors (Lipinski definition) is 2. The highest BCUT2D eigenvalue weighted by Crippen LogP contribution is 2.23. The number of halogens is 2. The quantitative estimate of drug-likeness (QED) is 0.305. The SMILES string of the molecule is CN=C(NCCSC)NCC(C)(C)c1ccc(Cl)cc1.I. The summed E-state index contributed by atoms with van der Waals surface area (Å²) in [5.74, 6) is 1.92. The Morgan fingerprint density at radius 2 is 1.86 bits per heavy atom. The predicted octanol–water partition coefficient (Wildman–Crippen LogP) is 3.76. The highest BCUT2D eigenvalue weighted by Gasteiger charge is 2.20. The third kappa shape index (κ3) is 7.61. The van der Waals surface area contributed by atoms with Gasteiger partial charge in [-0.05, 0) is 24.0 Å². The maximum absolute atomic E-state index is 5.94. The number of thioether (sulfide) groups is 1. The van der Waals surface area contributed by atoms with Crippen molar-refractivity contribution in [2.45, 2.75) is 19.3 Å². The average molecular weight is 442 g/mol. The molecule has 2 N–H and O–H groups in total. The van der Waals surface area contributed by atoms with E-state index in [0.717, 1.165) is 29.8 Å². The Balaban J connectivity index is 0.00000400. The van der Waals surface area contributed by atoms with Crippen LogP contribution in [0.3, 0.4) is 0 Å².